The van der Waals surface area contributed by atoms with Gasteiger partial charge in [-0.2, -0.15) is 0 Å². The standard InChI is InChI=1S/C9H14N2O3S/c1-10-3-2-6(7(12)4-10)11-8(13)5-15-9(11)14/h6-7,12H,2-5H2,1H3. The lowest BCUT2D eigenvalue weighted by molar-refractivity contribution is -0.129. The maximum atomic E-state index is 11.5. The van der Waals surface area contributed by atoms with Crippen LogP contribution >= 0.6 is 11.8 Å². The lowest BCUT2D eigenvalue weighted by atomic mass is 10.0. The van der Waals surface area contributed by atoms with E-state index in [1.165, 1.54) is 4.90 Å². The number of piperidine rings is 1. The molecule has 2 fully saturated rings. The van der Waals surface area contributed by atoms with Crippen molar-refractivity contribution < 1.29 is 14.7 Å². The molecule has 2 atom stereocenters. The molecule has 2 aliphatic rings. The largest absolute Gasteiger partial charge is 0.390 e. The molecule has 0 aliphatic carbocycles. The minimum Gasteiger partial charge on any atom is -0.390 e. The van der Waals surface area contributed by atoms with Crippen molar-refractivity contribution in [2.75, 3.05) is 25.9 Å². The predicted octanol–water partition coefficient (Wildman–Crippen LogP) is -0.253. The number of carbonyl (C=O) groups excluding carboxylic acids is 2. The fraction of sp³-hybridized carbons (Fsp3) is 0.778. The van der Waals surface area contributed by atoms with Gasteiger partial charge in [-0.15, -0.1) is 0 Å². The second kappa shape index (κ2) is 4.11. The van der Waals surface area contributed by atoms with Crippen LogP contribution in [0.2, 0.25) is 0 Å². The Bertz CT molecular complexity index is 281. The summed E-state index contributed by atoms with van der Waals surface area (Å²) in [6, 6.07) is -0.323. The zero-order valence-corrected chi connectivity index (χ0v) is 9.37. The minimum atomic E-state index is -0.615. The van der Waals surface area contributed by atoms with Crippen LogP contribution in [0.15, 0.2) is 0 Å². The third-order valence-corrected chi connectivity index (χ3v) is 3.70. The second-order valence-electron chi connectivity index (χ2n) is 4.00. The first kappa shape index (κ1) is 10.9. The van der Waals surface area contributed by atoms with Crippen LogP contribution in [0.1, 0.15) is 6.42 Å². The van der Waals surface area contributed by atoms with Crippen molar-refractivity contribution in [3.8, 4) is 0 Å². The summed E-state index contributed by atoms with van der Waals surface area (Å²) in [7, 11) is 1.92. The molecule has 5 nitrogen and oxygen atoms in total. The Morgan fingerprint density at radius 3 is 2.73 bits per heavy atom. The van der Waals surface area contributed by atoms with Crippen molar-refractivity contribution >= 4 is 22.9 Å². The summed E-state index contributed by atoms with van der Waals surface area (Å²) in [6.45, 7) is 1.33. The van der Waals surface area contributed by atoms with Crippen molar-refractivity contribution in [2.45, 2.75) is 18.6 Å². The summed E-state index contributed by atoms with van der Waals surface area (Å²) >= 11 is 1.02. The van der Waals surface area contributed by atoms with Crippen LogP contribution in [-0.4, -0.2) is 64.1 Å². The minimum absolute atomic E-state index is 0.168. The number of β-amino-alcohol motifs (C(OH)–C–C–N with tert-alkyl or cyclic N) is 1. The lowest BCUT2D eigenvalue weighted by Gasteiger charge is -2.37. The highest BCUT2D eigenvalue weighted by molar-refractivity contribution is 8.14. The monoisotopic (exact) mass is 230 g/mol. The van der Waals surface area contributed by atoms with Gasteiger partial charge in [0.25, 0.3) is 5.24 Å². The van der Waals surface area contributed by atoms with Gasteiger partial charge < -0.3 is 10.0 Å². The molecule has 2 amide bonds. The Balaban J connectivity index is 2.09. The maximum absolute atomic E-state index is 11.5. The Labute approximate surface area is 92.4 Å². The van der Waals surface area contributed by atoms with Crippen LogP contribution in [0, 0.1) is 0 Å². The van der Waals surface area contributed by atoms with Gasteiger partial charge in [-0.25, -0.2) is 0 Å². The molecule has 0 aromatic carbocycles. The van der Waals surface area contributed by atoms with E-state index < -0.39 is 6.10 Å². The van der Waals surface area contributed by atoms with Gasteiger partial charge in [0.05, 0.1) is 17.9 Å². The molecule has 6 heteroatoms. The highest BCUT2D eigenvalue weighted by atomic mass is 32.2. The Morgan fingerprint density at radius 2 is 2.20 bits per heavy atom. The second-order valence-corrected chi connectivity index (χ2v) is 4.93. The third-order valence-electron chi connectivity index (χ3n) is 2.87. The van der Waals surface area contributed by atoms with Crippen LogP contribution < -0.4 is 0 Å². The van der Waals surface area contributed by atoms with Gasteiger partial charge >= 0.3 is 0 Å². The Hall–Kier alpha value is -0.590. The van der Waals surface area contributed by atoms with Crippen LogP contribution in [0.5, 0.6) is 0 Å². The summed E-state index contributed by atoms with van der Waals surface area (Å²) in [5.41, 5.74) is 0. The molecule has 15 heavy (non-hydrogen) atoms. The zero-order chi connectivity index (χ0) is 11.0. The van der Waals surface area contributed by atoms with E-state index >= 15 is 0 Å². The van der Waals surface area contributed by atoms with Crippen molar-refractivity contribution in [1.29, 1.82) is 0 Å². The molecule has 0 bridgehead atoms. The molecule has 2 heterocycles. The molecular weight excluding hydrogens is 216 g/mol. The number of aliphatic hydroxyl groups is 1. The molecule has 0 aromatic rings. The highest BCUT2D eigenvalue weighted by Gasteiger charge is 2.40. The first-order valence-corrected chi connectivity index (χ1v) is 5.93. The first-order valence-electron chi connectivity index (χ1n) is 4.95. The molecule has 0 aromatic heterocycles. The van der Waals surface area contributed by atoms with Crippen molar-refractivity contribution in [2.24, 2.45) is 0 Å². The first-order chi connectivity index (χ1) is 7.09. The Morgan fingerprint density at radius 1 is 1.47 bits per heavy atom. The molecule has 2 unspecified atom stereocenters. The number of imide groups is 1. The SMILES string of the molecule is CN1CCC(N2C(=O)CSC2=O)C(O)C1. The number of aliphatic hydroxyl groups excluding tert-OH is 1. The van der Waals surface area contributed by atoms with Gasteiger partial charge in [0.2, 0.25) is 5.91 Å². The topological polar surface area (TPSA) is 60.9 Å². The summed E-state index contributed by atoms with van der Waals surface area (Å²) in [5, 5.41) is 9.62. The molecule has 2 aliphatic heterocycles. The molecule has 2 rings (SSSR count). The molecule has 0 saturated carbocycles. The number of hydrogen-bond donors (Lipinski definition) is 1. The molecule has 0 radical (unpaired) electrons. The van der Waals surface area contributed by atoms with E-state index in [1.54, 1.807) is 0 Å². The van der Waals surface area contributed by atoms with E-state index in [2.05, 4.69) is 0 Å². The Kier molecular flexibility index (Phi) is 2.99. The van der Waals surface area contributed by atoms with Gasteiger partial charge in [0.15, 0.2) is 0 Å². The summed E-state index contributed by atoms with van der Waals surface area (Å²) in [6.07, 6.45) is 0.0470. The average molecular weight is 230 g/mol. The maximum Gasteiger partial charge on any atom is 0.289 e. The van der Waals surface area contributed by atoms with E-state index in [0.717, 1.165) is 18.3 Å². The van der Waals surface area contributed by atoms with Crippen LogP contribution in [0.4, 0.5) is 4.79 Å². The van der Waals surface area contributed by atoms with E-state index in [4.69, 9.17) is 0 Å². The predicted molar refractivity (Wildman–Crippen MR) is 56.6 cm³/mol. The van der Waals surface area contributed by atoms with Gasteiger partial charge in [0, 0.05) is 13.1 Å². The van der Waals surface area contributed by atoms with Gasteiger partial charge in [-0.3, -0.25) is 14.5 Å². The molecule has 1 N–H and O–H groups in total. The quantitative estimate of drug-likeness (QED) is 0.673. The lowest BCUT2D eigenvalue weighted by Crippen LogP contribution is -2.54. The number of likely N-dealkylation sites (N-methyl/N-ethyl adjacent to an activating group) is 1. The number of rotatable bonds is 1. The highest BCUT2D eigenvalue weighted by Crippen LogP contribution is 2.26. The molecule has 0 spiro atoms. The van der Waals surface area contributed by atoms with Crippen molar-refractivity contribution in [1.82, 2.24) is 9.80 Å². The summed E-state index contributed by atoms with van der Waals surface area (Å²) in [5.74, 6) is 0.0522. The summed E-state index contributed by atoms with van der Waals surface area (Å²) < 4.78 is 0. The van der Waals surface area contributed by atoms with Crippen LogP contribution in [-0.2, 0) is 4.79 Å². The normalized spacial score (nSPS) is 33.9. The number of hydrogen-bond acceptors (Lipinski definition) is 5. The molecular formula is C9H14N2O3S. The average Bonchev–Trinajstić information content (AvgIpc) is 2.48. The van der Waals surface area contributed by atoms with Crippen molar-refractivity contribution in [3.63, 3.8) is 0 Å². The van der Waals surface area contributed by atoms with Crippen LogP contribution in [0.25, 0.3) is 0 Å². The number of nitrogens with zero attached hydrogens (tertiary/aromatic N) is 2. The fourth-order valence-corrected chi connectivity index (χ4v) is 2.83. The smallest absolute Gasteiger partial charge is 0.289 e. The number of likely N-dealkylation sites (tertiary alicyclic amines) is 1. The molecule has 84 valence electrons. The van der Waals surface area contributed by atoms with Gasteiger partial charge in [-0.1, -0.05) is 11.8 Å². The fourth-order valence-electron chi connectivity index (χ4n) is 2.06. The third kappa shape index (κ3) is 2.02. The number of carbonyl (C=O) groups is 2. The van der Waals surface area contributed by atoms with Crippen LogP contribution in [0.3, 0.4) is 0 Å². The van der Waals surface area contributed by atoms with Gasteiger partial charge in [0.1, 0.15) is 0 Å². The summed E-state index contributed by atoms with van der Waals surface area (Å²) in [4.78, 5) is 26.2. The molecule has 2 saturated heterocycles. The van der Waals surface area contributed by atoms with Crippen molar-refractivity contribution in [3.05, 3.63) is 0 Å². The number of thioether (sulfide) groups is 1. The zero-order valence-electron chi connectivity index (χ0n) is 8.55. The van der Waals surface area contributed by atoms with E-state index in [-0.39, 0.29) is 22.9 Å². The number of amides is 2. The van der Waals surface area contributed by atoms with Gasteiger partial charge in [-0.05, 0) is 13.5 Å². The van der Waals surface area contributed by atoms with E-state index in [9.17, 15) is 14.7 Å². The van der Waals surface area contributed by atoms with E-state index in [0.29, 0.717) is 13.0 Å². The van der Waals surface area contributed by atoms with E-state index in [1.807, 2.05) is 11.9 Å².